The Kier molecular flexibility index (Phi) is 6.77. The molecule has 1 aliphatic rings. The van der Waals surface area contributed by atoms with Crippen molar-refractivity contribution >= 4 is 23.6 Å². The Bertz CT molecular complexity index is 1270. The lowest BCUT2D eigenvalue weighted by Crippen LogP contribution is -2.50. The summed E-state index contributed by atoms with van der Waals surface area (Å²) >= 11 is 6.10. The molecule has 0 bridgehead atoms. The first kappa shape index (κ1) is 24.2. The number of hydrogen-bond donors (Lipinski definition) is 0. The van der Waals surface area contributed by atoms with Crippen molar-refractivity contribution in [2.75, 3.05) is 20.1 Å². The Morgan fingerprint density at radius 3 is 2.31 bits per heavy atom. The van der Waals surface area contributed by atoms with E-state index in [1.165, 1.54) is 29.2 Å². The molecular formula is C27H23ClFN3O3. The van der Waals surface area contributed by atoms with Crippen molar-refractivity contribution < 1.29 is 18.7 Å². The van der Waals surface area contributed by atoms with Crippen molar-refractivity contribution in [1.82, 2.24) is 9.80 Å². The number of amides is 2. The van der Waals surface area contributed by atoms with Crippen LogP contribution >= 0.6 is 11.6 Å². The van der Waals surface area contributed by atoms with E-state index < -0.39 is 23.4 Å². The normalized spacial score (nSPS) is 19.2. The fraction of sp³-hybridized carbons (Fsp3) is 0.222. The first-order valence-electron chi connectivity index (χ1n) is 11.0. The Morgan fingerprint density at radius 1 is 1.09 bits per heavy atom. The van der Waals surface area contributed by atoms with Crippen molar-refractivity contribution in [2.24, 2.45) is 0 Å². The Balaban J connectivity index is 1.63. The van der Waals surface area contributed by atoms with Crippen LogP contribution in [0.1, 0.15) is 28.4 Å². The van der Waals surface area contributed by atoms with Gasteiger partial charge in [-0.2, -0.15) is 5.26 Å². The molecule has 1 saturated heterocycles. The number of likely N-dealkylation sites (N-methyl/N-ethyl adjacent to an activating group) is 1. The highest BCUT2D eigenvalue weighted by Crippen LogP contribution is 2.38. The van der Waals surface area contributed by atoms with E-state index in [4.69, 9.17) is 21.6 Å². The van der Waals surface area contributed by atoms with E-state index in [2.05, 4.69) is 0 Å². The van der Waals surface area contributed by atoms with Crippen LogP contribution < -0.4 is 4.74 Å². The predicted octanol–water partition coefficient (Wildman–Crippen LogP) is 5.26. The summed E-state index contributed by atoms with van der Waals surface area (Å²) in [6.07, 6.45) is -0.616. The van der Waals surface area contributed by atoms with Crippen LogP contribution in [0, 0.1) is 17.1 Å². The average molecular weight is 492 g/mol. The molecule has 2 amide bonds. The molecule has 1 fully saturated rings. The molecule has 0 unspecified atom stereocenters. The monoisotopic (exact) mass is 491 g/mol. The van der Waals surface area contributed by atoms with E-state index in [9.17, 15) is 14.0 Å². The summed E-state index contributed by atoms with van der Waals surface area (Å²) in [5.41, 5.74) is 1.22. The molecule has 0 saturated carbocycles. The fourth-order valence-corrected chi connectivity index (χ4v) is 4.59. The molecule has 4 rings (SSSR count). The molecule has 0 radical (unpaired) electrons. The highest BCUT2D eigenvalue weighted by molar-refractivity contribution is 6.30. The van der Waals surface area contributed by atoms with Gasteiger partial charge in [0.1, 0.15) is 11.6 Å². The van der Waals surface area contributed by atoms with Crippen molar-refractivity contribution in [3.05, 3.63) is 100 Å². The molecule has 3 aromatic carbocycles. The largest absolute Gasteiger partial charge is 0.415 e. The molecule has 2 atom stereocenters. The first-order valence-corrected chi connectivity index (χ1v) is 11.3. The fourth-order valence-electron chi connectivity index (χ4n) is 4.47. The second-order valence-corrected chi connectivity index (χ2v) is 9.18. The third-order valence-electron chi connectivity index (χ3n) is 6.47. The standard InChI is InChI=1S/C27H23ClFN3O3/c1-27(20-7-9-21(28)10-8-20)17-32(25(33)19-5-3-18(15-30)4-6-19)16-24(27)31(2)26(34)35-23-13-11-22(29)12-14-23/h3-14,24H,16-17H2,1-2H3/t24-,27+/m1/s1. The van der Waals surface area contributed by atoms with Gasteiger partial charge in [-0.15, -0.1) is 0 Å². The van der Waals surface area contributed by atoms with Gasteiger partial charge >= 0.3 is 6.09 Å². The Hall–Kier alpha value is -3.89. The first-order chi connectivity index (χ1) is 16.7. The summed E-state index contributed by atoms with van der Waals surface area (Å²) in [6.45, 7) is 2.62. The van der Waals surface area contributed by atoms with E-state index in [1.807, 2.05) is 25.1 Å². The molecule has 8 heteroatoms. The molecule has 1 aliphatic heterocycles. The molecule has 35 heavy (non-hydrogen) atoms. The van der Waals surface area contributed by atoms with Crippen LogP contribution in [0.4, 0.5) is 9.18 Å². The maximum atomic E-state index is 13.3. The van der Waals surface area contributed by atoms with Crippen LogP contribution in [-0.4, -0.2) is 48.0 Å². The lowest BCUT2D eigenvalue weighted by Gasteiger charge is -2.36. The van der Waals surface area contributed by atoms with Gasteiger partial charge in [0.25, 0.3) is 5.91 Å². The van der Waals surface area contributed by atoms with Gasteiger partial charge in [-0.3, -0.25) is 4.79 Å². The van der Waals surface area contributed by atoms with Gasteiger partial charge in [-0.05, 0) is 66.2 Å². The Morgan fingerprint density at radius 2 is 1.71 bits per heavy atom. The summed E-state index contributed by atoms with van der Waals surface area (Å²) in [4.78, 5) is 29.5. The minimum atomic E-state index is -0.622. The predicted molar refractivity (Wildman–Crippen MR) is 130 cm³/mol. The van der Waals surface area contributed by atoms with E-state index in [0.717, 1.165) is 5.56 Å². The van der Waals surface area contributed by atoms with Gasteiger partial charge in [0, 0.05) is 36.1 Å². The van der Waals surface area contributed by atoms with Crippen LogP contribution in [0.2, 0.25) is 5.02 Å². The molecule has 1 heterocycles. The summed E-state index contributed by atoms with van der Waals surface area (Å²) in [7, 11) is 1.63. The maximum absolute atomic E-state index is 13.3. The molecule has 178 valence electrons. The zero-order valence-corrected chi connectivity index (χ0v) is 20.0. The number of hydrogen-bond acceptors (Lipinski definition) is 4. The van der Waals surface area contributed by atoms with Crippen LogP contribution in [-0.2, 0) is 5.41 Å². The molecule has 0 N–H and O–H groups in total. The number of carbonyl (C=O) groups is 2. The number of carbonyl (C=O) groups excluding carboxylic acids is 2. The number of nitrogens with zero attached hydrogens (tertiary/aromatic N) is 3. The molecule has 0 aliphatic carbocycles. The number of likely N-dealkylation sites (tertiary alicyclic amines) is 1. The van der Waals surface area contributed by atoms with Crippen molar-refractivity contribution in [2.45, 2.75) is 18.4 Å². The summed E-state index contributed by atoms with van der Waals surface area (Å²) < 4.78 is 18.7. The van der Waals surface area contributed by atoms with Gasteiger partial charge in [-0.1, -0.05) is 30.7 Å². The minimum absolute atomic E-state index is 0.197. The zero-order chi connectivity index (χ0) is 25.2. The lowest BCUT2D eigenvalue weighted by molar-refractivity contribution is 0.0776. The maximum Gasteiger partial charge on any atom is 0.415 e. The van der Waals surface area contributed by atoms with Crippen LogP contribution in [0.15, 0.2) is 72.8 Å². The van der Waals surface area contributed by atoms with Crippen molar-refractivity contribution in [1.29, 1.82) is 5.26 Å². The smallest absolute Gasteiger partial charge is 0.410 e. The number of rotatable bonds is 4. The number of benzene rings is 3. The third kappa shape index (κ3) is 4.98. The number of ether oxygens (including phenoxy) is 1. The Labute approximate surface area is 208 Å². The summed E-state index contributed by atoms with van der Waals surface area (Å²) in [6, 6.07) is 20.6. The molecule has 0 spiro atoms. The quantitative estimate of drug-likeness (QED) is 0.498. The molecule has 3 aromatic rings. The second-order valence-electron chi connectivity index (χ2n) is 8.75. The van der Waals surface area contributed by atoms with Gasteiger partial charge in [0.2, 0.25) is 0 Å². The van der Waals surface area contributed by atoms with Gasteiger partial charge < -0.3 is 14.5 Å². The van der Waals surface area contributed by atoms with E-state index >= 15 is 0 Å². The van der Waals surface area contributed by atoms with Gasteiger partial charge in [0.15, 0.2) is 0 Å². The number of nitriles is 1. The van der Waals surface area contributed by atoms with Crippen molar-refractivity contribution in [3.63, 3.8) is 0 Å². The highest BCUT2D eigenvalue weighted by atomic mass is 35.5. The second kappa shape index (κ2) is 9.77. The summed E-state index contributed by atoms with van der Waals surface area (Å²) in [5, 5.41) is 9.62. The topological polar surface area (TPSA) is 73.6 Å². The average Bonchev–Trinajstić information content (AvgIpc) is 3.23. The van der Waals surface area contributed by atoms with E-state index in [-0.39, 0.29) is 18.2 Å². The van der Waals surface area contributed by atoms with E-state index in [0.29, 0.717) is 22.7 Å². The van der Waals surface area contributed by atoms with Gasteiger partial charge in [0.05, 0.1) is 17.7 Å². The van der Waals surface area contributed by atoms with Crippen LogP contribution in [0.5, 0.6) is 5.75 Å². The van der Waals surface area contributed by atoms with Crippen molar-refractivity contribution in [3.8, 4) is 11.8 Å². The van der Waals surface area contributed by atoms with E-state index in [1.54, 1.807) is 48.3 Å². The molecule has 0 aromatic heterocycles. The lowest BCUT2D eigenvalue weighted by atomic mass is 9.77. The number of halogens is 2. The van der Waals surface area contributed by atoms with Gasteiger partial charge in [-0.25, -0.2) is 9.18 Å². The SMILES string of the molecule is CN(C(=O)Oc1ccc(F)cc1)[C@@H]1CN(C(=O)c2ccc(C#N)cc2)C[C@@]1(C)c1ccc(Cl)cc1. The zero-order valence-electron chi connectivity index (χ0n) is 19.2. The molecule has 6 nitrogen and oxygen atoms in total. The summed E-state index contributed by atoms with van der Waals surface area (Å²) in [5.74, 6) is -0.404. The van der Waals surface area contributed by atoms with Crippen LogP contribution in [0.3, 0.4) is 0 Å². The highest BCUT2D eigenvalue weighted by Gasteiger charge is 2.49. The minimum Gasteiger partial charge on any atom is -0.410 e. The molecular weight excluding hydrogens is 469 g/mol. The van der Waals surface area contributed by atoms with Crippen LogP contribution in [0.25, 0.3) is 0 Å². The third-order valence-corrected chi connectivity index (χ3v) is 6.73.